The highest BCUT2D eigenvalue weighted by molar-refractivity contribution is 8.00. The van der Waals surface area contributed by atoms with Crippen LogP contribution in [0.3, 0.4) is 0 Å². The molecule has 0 saturated heterocycles. The predicted octanol–water partition coefficient (Wildman–Crippen LogP) is 2.22. The summed E-state index contributed by atoms with van der Waals surface area (Å²) < 4.78 is 0.855. The van der Waals surface area contributed by atoms with Crippen LogP contribution in [0.15, 0.2) is 40.2 Å². The Hall–Kier alpha value is -1.44. The fraction of sp³-hybridized carbons (Fsp3) is 0.308. The maximum absolute atomic E-state index is 11.7. The summed E-state index contributed by atoms with van der Waals surface area (Å²) in [6.45, 7) is 0. The van der Waals surface area contributed by atoms with E-state index in [9.17, 15) is 9.90 Å². The predicted molar refractivity (Wildman–Crippen MR) is 80.1 cm³/mol. The highest BCUT2D eigenvalue weighted by atomic mass is 32.2. The molecule has 7 heteroatoms. The van der Waals surface area contributed by atoms with Crippen molar-refractivity contribution in [2.24, 2.45) is 0 Å². The van der Waals surface area contributed by atoms with E-state index in [2.05, 4.69) is 15.5 Å². The smallest absolute Gasteiger partial charge is 0.328 e. The molecular formula is C13H15N3O2S2. The van der Waals surface area contributed by atoms with Gasteiger partial charge >= 0.3 is 5.97 Å². The van der Waals surface area contributed by atoms with E-state index in [4.69, 9.17) is 0 Å². The lowest BCUT2D eigenvalue weighted by atomic mass is 9.87. The maximum atomic E-state index is 11.7. The van der Waals surface area contributed by atoms with Gasteiger partial charge in [0.25, 0.3) is 0 Å². The van der Waals surface area contributed by atoms with Gasteiger partial charge in [0.05, 0.1) is 0 Å². The fourth-order valence-corrected chi connectivity index (χ4v) is 3.61. The Morgan fingerprint density at radius 3 is 2.75 bits per heavy atom. The summed E-state index contributed by atoms with van der Waals surface area (Å²) in [6, 6.07) is 9.24. The third-order valence-electron chi connectivity index (χ3n) is 3.10. The van der Waals surface area contributed by atoms with Crippen LogP contribution in [0.1, 0.15) is 12.0 Å². The summed E-state index contributed by atoms with van der Waals surface area (Å²) >= 11 is 2.98. The number of rotatable bonds is 7. The van der Waals surface area contributed by atoms with Crippen LogP contribution in [0.4, 0.5) is 0 Å². The molecule has 0 aliphatic carbocycles. The quantitative estimate of drug-likeness (QED) is 0.764. The van der Waals surface area contributed by atoms with Gasteiger partial charge in [-0.3, -0.25) is 0 Å². The van der Waals surface area contributed by atoms with Crippen LogP contribution in [0.25, 0.3) is 0 Å². The van der Waals surface area contributed by atoms with Crippen LogP contribution >= 0.6 is 23.1 Å². The molecule has 0 aliphatic rings. The Bertz CT molecular complexity index is 548. The monoisotopic (exact) mass is 309 g/mol. The first-order valence-electron chi connectivity index (χ1n) is 6.06. The molecule has 0 aliphatic heterocycles. The van der Waals surface area contributed by atoms with Crippen molar-refractivity contribution in [1.82, 2.24) is 15.5 Å². The number of thioether (sulfide) groups is 1. The number of aliphatic carboxylic acids is 1. The largest absolute Gasteiger partial charge is 0.480 e. The summed E-state index contributed by atoms with van der Waals surface area (Å²) in [7, 11) is 1.68. The third kappa shape index (κ3) is 3.17. The first-order chi connectivity index (χ1) is 9.69. The minimum Gasteiger partial charge on any atom is -0.480 e. The number of hydrogen-bond donors (Lipinski definition) is 2. The Morgan fingerprint density at radius 1 is 1.45 bits per heavy atom. The lowest BCUT2D eigenvalue weighted by Gasteiger charge is -2.29. The fourth-order valence-electron chi connectivity index (χ4n) is 1.99. The number of carbonyl (C=O) groups is 1. The van der Waals surface area contributed by atoms with Gasteiger partial charge in [-0.1, -0.05) is 53.4 Å². The number of likely N-dealkylation sites (N-methyl/N-ethyl adjacent to an activating group) is 1. The molecule has 1 aromatic carbocycles. The molecule has 2 rings (SSSR count). The van der Waals surface area contributed by atoms with Gasteiger partial charge in [-0.05, 0) is 19.0 Å². The number of benzene rings is 1. The van der Waals surface area contributed by atoms with Crippen LogP contribution < -0.4 is 5.32 Å². The van der Waals surface area contributed by atoms with Gasteiger partial charge in [0, 0.05) is 5.75 Å². The Morgan fingerprint density at radius 2 is 2.20 bits per heavy atom. The highest BCUT2D eigenvalue weighted by Crippen LogP contribution is 2.29. The molecule has 20 heavy (non-hydrogen) atoms. The van der Waals surface area contributed by atoms with Crippen molar-refractivity contribution in [3.63, 3.8) is 0 Å². The van der Waals surface area contributed by atoms with Crippen molar-refractivity contribution in [1.29, 1.82) is 0 Å². The maximum Gasteiger partial charge on any atom is 0.328 e. The molecule has 1 heterocycles. The van der Waals surface area contributed by atoms with Crippen LogP contribution in [0.5, 0.6) is 0 Å². The van der Waals surface area contributed by atoms with E-state index in [1.807, 2.05) is 30.3 Å². The molecule has 0 amide bonds. The Kier molecular flexibility index (Phi) is 5.11. The molecule has 1 aromatic heterocycles. The molecule has 0 bridgehead atoms. The molecule has 1 unspecified atom stereocenters. The number of aromatic nitrogens is 2. The van der Waals surface area contributed by atoms with E-state index in [-0.39, 0.29) is 0 Å². The van der Waals surface area contributed by atoms with Crippen LogP contribution in [0.2, 0.25) is 0 Å². The molecule has 0 radical (unpaired) electrons. The zero-order valence-corrected chi connectivity index (χ0v) is 12.6. The van der Waals surface area contributed by atoms with E-state index < -0.39 is 11.5 Å². The first-order valence-corrected chi connectivity index (χ1v) is 7.92. The number of carboxylic acids is 1. The van der Waals surface area contributed by atoms with Crippen LogP contribution in [0, 0.1) is 0 Å². The lowest BCUT2D eigenvalue weighted by molar-refractivity contribution is -0.145. The van der Waals surface area contributed by atoms with Crippen molar-refractivity contribution in [2.75, 3.05) is 12.8 Å². The molecule has 5 nitrogen and oxygen atoms in total. The van der Waals surface area contributed by atoms with E-state index in [1.54, 1.807) is 12.6 Å². The van der Waals surface area contributed by atoms with Crippen molar-refractivity contribution in [3.8, 4) is 0 Å². The summed E-state index contributed by atoms with van der Waals surface area (Å²) in [6.07, 6.45) is 0.465. The van der Waals surface area contributed by atoms with E-state index >= 15 is 0 Å². The lowest BCUT2D eigenvalue weighted by Crippen LogP contribution is -2.47. The molecule has 0 saturated carbocycles. The zero-order chi connectivity index (χ0) is 14.4. The summed E-state index contributed by atoms with van der Waals surface area (Å²) in [5, 5.41) is 20.3. The molecule has 106 valence electrons. The number of nitrogens with zero attached hydrogens (tertiary/aromatic N) is 2. The minimum atomic E-state index is -1.07. The molecule has 2 aromatic rings. The topological polar surface area (TPSA) is 75.1 Å². The number of hydrogen-bond acceptors (Lipinski definition) is 6. The first kappa shape index (κ1) is 15.0. The second-order valence-electron chi connectivity index (χ2n) is 4.13. The van der Waals surface area contributed by atoms with Gasteiger partial charge in [-0.15, -0.1) is 10.2 Å². The van der Waals surface area contributed by atoms with E-state index in [1.165, 1.54) is 23.1 Å². The molecular weight excluding hydrogens is 294 g/mol. The third-order valence-corrected chi connectivity index (χ3v) is 4.96. The molecule has 0 fully saturated rings. The minimum absolute atomic E-state index is 0.465. The summed E-state index contributed by atoms with van der Waals surface area (Å²) in [5.41, 5.74) is 1.36. The second-order valence-corrected chi connectivity index (χ2v) is 6.30. The van der Waals surface area contributed by atoms with Gasteiger partial charge in [0.1, 0.15) is 11.0 Å². The standard InChI is InChI=1S/C13H15N3O2S2/c1-14-13(11(17)18,10-5-3-2-4-6-10)7-8-19-12-16-15-9-20-12/h2-6,9,14H,7-8H2,1H3,(H,17,18). The van der Waals surface area contributed by atoms with Crippen LogP contribution in [-0.4, -0.2) is 34.1 Å². The Labute approximate surface area is 125 Å². The SMILES string of the molecule is CNC(CCSc1nncs1)(C(=O)O)c1ccccc1. The van der Waals surface area contributed by atoms with Crippen molar-refractivity contribution >= 4 is 29.1 Å². The molecule has 0 spiro atoms. The van der Waals surface area contributed by atoms with Crippen molar-refractivity contribution in [2.45, 2.75) is 16.3 Å². The van der Waals surface area contributed by atoms with Gasteiger partial charge in [-0.2, -0.15) is 0 Å². The molecule has 1 atom stereocenters. The van der Waals surface area contributed by atoms with Gasteiger partial charge in [0.2, 0.25) is 0 Å². The average molecular weight is 309 g/mol. The van der Waals surface area contributed by atoms with Gasteiger partial charge in [0.15, 0.2) is 4.34 Å². The average Bonchev–Trinajstić information content (AvgIpc) is 2.97. The van der Waals surface area contributed by atoms with Crippen molar-refractivity contribution in [3.05, 3.63) is 41.4 Å². The number of nitrogens with one attached hydrogen (secondary N) is 1. The van der Waals surface area contributed by atoms with Crippen LogP contribution in [-0.2, 0) is 10.3 Å². The van der Waals surface area contributed by atoms with Gasteiger partial charge in [-0.25, -0.2) is 4.79 Å². The Balaban J connectivity index is 2.13. The highest BCUT2D eigenvalue weighted by Gasteiger charge is 2.38. The van der Waals surface area contributed by atoms with Crippen molar-refractivity contribution < 1.29 is 9.90 Å². The summed E-state index contributed by atoms with van der Waals surface area (Å²) in [4.78, 5) is 11.7. The van der Waals surface area contributed by atoms with E-state index in [0.29, 0.717) is 12.2 Å². The molecule has 2 N–H and O–H groups in total. The zero-order valence-electron chi connectivity index (χ0n) is 10.9. The second kappa shape index (κ2) is 6.83. The number of carboxylic acid groups (broad SMARTS) is 1. The normalized spacial score (nSPS) is 13.8. The van der Waals surface area contributed by atoms with E-state index in [0.717, 1.165) is 9.90 Å². The summed E-state index contributed by atoms with van der Waals surface area (Å²) in [5.74, 6) is -0.221. The van der Waals surface area contributed by atoms with Gasteiger partial charge < -0.3 is 10.4 Å².